The van der Waals surface area contributed by atoms with Gasteiger partial charge in [-0.2, -0.15) is 0 Å². The average molecular weight is 283 g/mol. The zero-order chi connectivity index (χ0) is 13.0. The van der Waals surface area contributed by atoms with Crippen molar-refractivity contribution in [2.75, 3.05) is 6.61 Å². The van der Waals surface area contributed by atoms with Crippen LogP contribution in [0.15, 0.2) is 35.9 Å². The first kappa shape index (κ1) is 13.5. The number of hydrogen-bond acceptors (Lipinski definition) is 1. The molecule has 0 heterocycles. The first-order chi connectivity index (χ1) is 8.72. The Morgan fingerprint density at radius 3 is 2.61 bits per heavy atom. The second-order valence-electron chi connectivity index (χ2n) is 4.24. The second-order valence-corrected chi connectivity index (χ2v) is 5.05. The van der Waals surface area contributed by atoms with E-state index < -0.39 is 0 Å². The first-order valence-corrected chi connectivity index (χ1v) is 6.93. The van der Waals surface area contributed by atoms with Gasteiger partial charge in [-0.25, -0.2) is 0 Å². The van der Waals surface area contributed by atoms with E-state index in [9.17, 15) is 0 Å². The summed E-state index contributed by atoms with van der Waals surface area (Å²) >= 11 is 12.3. The third-order valence-corrected chi connectivity index (χ3v) is 3.62. The molecule has 0 fully saturated rings. The van der Waals surface area contributed by atoms with E-state index in [2.05, 4.69) is 18.2 Å². The van der Waals surface area contributed by atoms with Gasteiger partial charge in [-0.3, -0.25) is 0 Å². The fourth-order valence-corrected chi connectivity index (χ4v) is 2.51. The van der Waals surface area contributed by atoms with Crippen molar-refractivity contribution in [3.63, 3.8) is 0 Å². The third-order valence-electron chi connectivity index (χ3n) is 2.96. The quantitative estimate of drug-likeness (QED) is 0.737. The van der Waals surface area contributed by atoms with Crippen LogP contribution in [0.25, 0.3) is 0 Å². The fourth-order valence-electron chi connectivity index (χ4n) is 1.99. The molecule has 0 atom stereocenters. The van der Waals surface area contributed by atoms with Crippen molar-refractivity contribution in [2.45, 2.75) is 26.2 Å². The van der Waals surface area contributed by atoms with Gasteiger partial charge in [-0.1, -0.05) is 48.4 Å². The summed E-state index contributed by atoms with van der Waals surface area (Å²) in [5.74, 6) is 0.714. The number of benzene rings is 1. The van der Waals surface area contributed by atoms with E-state index in [0.29, 0.717) is 22.4 Å². The monoisotopic (exact) mass is 282 g/mol. The topological polar surface area (TPSA) is 9.23 Å². The lowest BCUT2D eigenvalue weighted by Gasteiger charge is -2.15. The highest BCUT2D eigenvalue weighted by Gasteiger charge is 2.12. The molecule has 3 heteroatoms. The van der Waals surface area contributed by atoms with Crippen molar-refractivity contribution in [2.24, 2.45) is 0 Å². The maximum absolute atomic E-state index is 6.18. The molecule has 0 N–H and O–H groups in total. The molecular formula is C15H16Cl2O. The van der Waals surface area contributed by atoms with Crippen LogP contribution in [-0.2, 0) is 6.42 Å². The summed E-state index contributed by atoms with van der Waals surface area (Å²) in [6.07, 6.45) is 9.47. The van der Waals surface area contributed by atoms with Gasteiger partial charge < -0.3 is 4.74 Å². The maximum atomic E-state index is 6.18. The Kier molecular flexibility index (Phi) is 4.73. The van der Waals surface area contributed by atoms with E-state index in [1.807, 2.05) is 13.0 Å². The van der Waals surface area contributed by atoms with Gasteiger partial charge in [0, 0.05) is 10.6 Å². The van der Waals surface area contributed by atoms with E-state index in [0.717, 1.165) is 24.8 Å². The highest BCUT2D eigenvalue weighted by Crippen LogP contribution is 2.34. The summed E-state index contributed by atoms with van der Waals surface area (Å²) < 4.78 is 5.84. The van der Waals surface area contributed by atoms with Gasteiger partial charge in [0.1, 0.15) is 12.4 Å². The van der Waals surface area contributed by atoms with Crippen LogP contribution in [0.1, 0.15) is 25.3 Å². The molecule has 0 bridgehead atoms. The van der Waals surface area contributed by atoms with E-state index in [1.54, 1.807) is 6.07 Å². The van der Waals surface area contributed by atoms with Crippen molar-refractivity contribution in [1.82, 2.24) is 0 Å². The lowest BCUT2D eigenvalue weighted by atomic mass is 10.1. The molecule has 0 amide bonds. The lowest BCUT2D eigenvalue weighted by Crippen LogP contribution is -2.04. The molecule has 1 aromatic carbocycles. The Bertz CT molecular complexity index is 490. The summed E-state index contributed by atoms with van der Waals surface area (Å²) in [4.78, 5) is 0. The molecule has 1 aromatic rings. The van der Waals surface area contributed by atoms with Gasteiger partial charge in [0.15, 0.2) is 0 Å². The van der Waals surface area contributed by atoms with Crippen LogP contribution in [-0.4, -0.2) is 6.61 Å². The van der Waals surface area contributed by atoms with Gasteiger partial charge in [-0.05, 0) is 37.0 Å². The summed E-state index contributed by atoms with van der Waals surface area (Å²) in [7, 11) is 0. The van der Waals surface area contributed by atoms with Crippen molar-refractivity contribution in [3.8, 4) is 5.75 Å². The lowest BCUT2D eigenvalue weighted by molar-refractivity contribution is 0.351. The first-order valence-electron chi connectivity index (χ1n) is 6.17. The summed E-state index contributed by atoms with van der Waals surface area (Å²) in [5.41, 5.74) is 2.17. The Labute approximate surface area is 118 Å². The van der Waals surface area contributed by atoms with Gasteiger partial charge in [0.25, 0.3) is 0 Å². The molecule has 0 unspecified atom stereocenters. The number of halogens is 2. The van der Waals surface area contributed by atoms with Crippen molar-refractivity contribution in [1.29, 1.82) is 0 Å². The predicted molar refractivity (Wildman–Crippen MR) is 77.8 cm³/mol. The summed E-state index contributed by atoms with van der Waals surface area (Å²) in [6, 6.07) is 3.60. The highest BCUT2D eigenvalue weighted by atomic mass is 35.5. The molecule has 0 saturated heterocycles. The largest absolute Gasteiger partial charge is 0.487 e. The molecular weight excluding hydrogens is 267 g/mol. The zero-order valence-electron chi connectivity index (χ0n) is 10.4. The van der Waals surface area contributed by atoms with Crippen molar-refractivity contribution >= 4 is 23.2 Å². The fraction of sp³-hybridized carbons (Fsp3) is 0.333. The van der Waals surface area contributed by atoms with Crippen LogP contribution in [0.5, 0.6) is 5.75 Å². The smallest absolute Gasteiger partial charge is 0.143 e. The van der Waals surface area contributed by atoms with E-state index in [1.165, 1.54) is 5.57 Å². The van der Waals surface area contributed by atoms with Crippen LogP contribution in [0.2, 0.25) is 10.0 Å². The Balaban J connectivity index is 2.15. The standard InChI is InChI=1S/C15H16Cl2O/c1-2-12-13(16)8-9-14(17)15(12)18-10-11-6-4-3-5-7-11/h4,6-9H,2-3,5,10H2,1H3. The number of ether oxygens (including phenoxy) is 1. The molecule has 1 nitrogen and oxygen atoms in total. The molecule has 2 rings (SSSR count). The van der Waals surface area contributed by atoms with E-state index in [4.69, 9.17) is 27.9 Å². The van der Waals surface area contributed by atoms with Crippen molar-refractivity contribution in [3.05, 3.63) is 51.5 Å². The van der Waals surface area contributed by atoms with E-state index in [-0.39, 0.29) is 0 Å². The van der Waals surface area contributed by atoms with Crippen molar-refractivity contribution < 1.29 is 4.74 Å². The minimum atomic E-state index is 0.545. The molecule has 0 aromatic heterocycles. The molecule has 96 valence electrons. The van der Waals surface area contributed by atoms with Crippen LogP contribution < -0.4 is 4.74 Å². The molecule has 1 aliphatic rings. The average Bonchev–Trinajstić information content (AvgIpc) is 2.41. The molecule has 0 saturated carbocycles. The van der Waals surface area contributed by atoms with Gasteiger partial charge in [0.2, 0.25) is 0 Å². The van der Waals surface area contributed by atoms with Gasteiger partial charge >= 0.3 is 0 Å². The summed E-state index contributed by atoms with van der Waals surface area (Å²) in [6.45, 7) is 2.59. The van der Waals surface area contributed by atoms with Crippen LogP contribution in [0.4, 0.5) is 0 Å². The third kappa shape index (κ3) is 3.09. The summed E-state index contributed by atoms with van der Waals surface area (Å²) in [5, 5.41) is 1.33. The Hall–Kier alpha value is -0.920. The molecule has 1 aliphatic carbocycles. The molecule has 0 radical (unpaired) electrons. The molecule has 0 aliphatic heterocycles. The van der Waals surface area contributed by atoms with E-state index >= 15 is 0 Å². The van der Waals surface area contributed by atoms with Crippen LogP contribution in [0.3, 0.4) is 0 Å². The Morgan fingerprint density at radius 1 is 1.17 bits per heavy atom. The maximum Gasteiger partial charge on any atom is 0.143 e. The zero-order valence-corrected chi connectivity index (χ0v) is 11.9. The number of allylic oxidation sites excluding steroid dienone is 2. The van der Waals surface area contributed by atoms with Crippen LogP contribution in [0, 0.1) is 0 Å². The predicted octanol–water partition coefficient (Wildman–Crippen LogP) is 5.21. The molecule has 0 spiro atoms. The highest BCUT2D eigenvalue weighted by molar-refractivity contribution is 6.34. The Morgan fingerprint density at radius 2 is 1.94 bits per heavy atom. The van der Waals surface area contributed by atoms with Gasteiger partial charge in [-0.15, -0.1) is 0 Å². The van der Waals surface area contributed by atoms with Crippen LogP contribution >= 0.6 is 23.2 Å². The normalized spacial score (nSPS) is 14.5. The minimum absolute atomic E-state index is 0.545. The SMILES string of the molecule is CCc1c(Cl)ccc(Cl)c1OCC1=CCCC=C1. The number of hydrogen-bond donors (Lipinski definition) is 0. The second kappa shape index (κ2) is 6.31. The van der Waals surface area contributed by atoms with Gasteiger partial charge in [0.05, 0.1) is 5.02 Å². The molecule has 18 heavy (non-hydrogen) atoms. The minimum Gasteiger partial charge on any atom is -0.487 e. The number of rotatable bonds is 4.